The van der Waals surface area contributed by atoms with Crippen LogP contribution in [0, 0.1) is 6.92 Å². The first-order valence-corrected chi connectivity index (χ1v) is 10.1. The lowest BCUT2D eigenvalue weighted by Gasteiger charge is -2.38. The largest absolute Gasteiger partial charge is 0.381 e. The minimum Gasteiger partial charge on any atom is -0.381 e. The smallest absolute Gasteiger partial charge is 0.221 e. The maximum absolute atomic E-state index is 12.4. The van der Waals surface area contributed by atoms with Crippen molar-refractivity contribution in [3.63, 3.8) is 0 Å². The number of aryl methyl sites for hydroxylation is 1. The molecule has 24 heavy (non-hydrogen) atoms. The van der Waals surface area contributed by atoms with Gasteiger partial charge in [-0.05, 0) is 25.3 Å². The van der Waals surface area contributed by atoms with Crippen molar-refractivity contribution in [2.75, 3.05) is 37.8 Å². The number of thioether (sulfide) groups is 1. The lowest BCUT2D eigenvalue weighted by atomic mass is 9.74. The van der Waals surface area contributed by atoms with Gasteiger partial charge in [-0.3, -0.25) is 4.79 Å². The van der Waals surface area contributed by atoms with Gasteiger partial charge in [-0.15, -0.1) is 0 Å². The zero-order chi connectivity index (χ0) is 16.8. The van der Waals surface area contributed by atoms with Crippen molar-refractivity contribution in [3.8, 4) is 0 Å². The van der Waals surface area contributed by atoms with E-state index in [0.717, 1.165) is 44.1 Å². The Labute approximate surface area is 149 Å². The summed E-state index contributed by atoms with van der Waals surface area (Å²) < 4.78 is 5.57. The zero-order valence-corrected chi connectivity index (χ0v) is 15.3. The number of hydrogen-bond donors (Lipinski definition) is 2. The number of carbonyl (C=O) groups is 1. The Morgan fingerprint density at radius 1 is 1.33 bits per heavy atom. The highest BCUT2D eigenvalue weighted by molar-refractivity contribution is 7.99. The van der Waals surface area contributed by atoms with Crippen LogP contribution >= 0.6 is 11.8 Å². The summed E-state index contributed by atoms with van der Waals surface area (Å²) in [7, 11) is 0. The molecule has 2 heterocycles. The van der Waals surface area contributed by atoms with Crippen LogP contribution in [0.4, 0.5) is 0 Å². The van der Waals surface area contributed by atoms with Crippen LogP contribution in [-0.2, 0) is 14.9 Å². The fourth-order valence-corrected chi connectivity index (χ4v) is 4.50. The molecule has 2 saturated heterocycles. The Morgan fingerprint density at radius 2 is 2.08 bits per heavy atom. The number of carbonyl (C=O) groups excluding carboxylic acids is 1. The molecular formula is C19H28N2O2S. The molecule has 0 aromatic heterocycles. The first-order valence-electron chi connectivity index (χ1n) is 8.91. The molecule has 2 N–H and O–H groups in total. The van der Waals surface area contributed by atoms with Crippen LogP contribution in [0.3, 0.4) is 0 Å². The van der Waals surface area contributed by atoms with Gasteiger partial charge in [0.1, 0.15) is 0 Å². The summed E-state index contributed by atoms with van der Waals surface area (Å²) in [6.07, 6.45) is 2.51. The molecule has 1 unspecified atom stereocenters. The average molecular weight is 349 g/mol. The number of nitrogens with one attached hydrogen (secondary N) is 2. The Bertz CT molecular complexity index is 535. The highest BCUT2D eigenvalue weighted by Crippen LogP contribution is 2.34. The molecule has 2 aliphatic heterocycles. The summed E-state index contributed by atoms with van der Waals surface area (Å²) in [6, 6.07) is 9.07. The Balaban J connectivity index is 1.61. The quantitative estimate of drug-likeness (QED) is 0.857. The number of rotatable bonds is 5. The summed E-state index contributed by atoms with van der Waals surface area (Å²) in [5.74, 6) is 2.34. The van der Waals surface area contributed by atoms with Gasteiger partial charge in [-0.2, -0.15) is 11.8 Å². The third-order valence-electron chi connectivity index (χ3n) is 5.17. The molecule has 0 bridgehead atoms. The van der Waals surface area contributed by atoms with Crippen molar-refractivity contribution >= 4 is 17.7 Å². The standard InChI is InChI=1S/C19H28N2O2S/c1-15-2-4-16(5-3-15)19(6-9-23-10-7-19)14-21-18(22)12-17-13-24-11-8-20-17/h2-5,17,20H,6-14H2,1H3,(H,21,22). The molecule has 3 rings (SSSR count). The second-order valence-electron chi connectivity index (χ2n) is 6.97. The third kappa shape index (κ3) is 4.52. The fourth-order valence-electron chi connectivity index (χ4n) is 3.55. The van der Waals surface area contributed by atoms with E-state index in [-0.39, 0.29) is 11.3 Å². The average Bonchev–Trinajstić information content (AvgIpc) is 2.62. The van der Waals surface area contributed by atoms with Gasteiger partial charge in [-0.25, -0.2) is 0 Å². The van der Waals surface area contributed by atoms with Gasteiger partial charge in [-0.1, -0.05) is 29.8 Å². The molecule has 0 aliphatic carbocycles. The lowest BCUT2D eigenvalue weighted by Crippen LogP contribution is -2.47. The first kappa shape index (κ1) is 17.8. The van der Waals surface area contributed by atoms with E-state index in [1.54, 1.807) is 0 Å². The van der Waals surface area contributed by atoms with Gasteiger partial charge >= 0.3 is 0 Å². The van der Waals surface area contributed by atoms with Crippen molar-refractivity contribution in [2.45, 2.75) is 37.6 Å². The number of benzene rings is 1. The summed E-state index contributed by atoms with van der Waals surface area (Å²) in [5, 5.41) is 6.64. The van der Waals surface area contributed by atoms with E-state index in [2.05, 4.69) is 41.8 Å². The molecule has 1 aromatic rings. The monoisotopic (exact) mass is 348 g/mol. The Hall–Kier alpha value is -1.04. The summed E-state index contributed by atoms with van der Waals surface area (Å²) in [4.78, 5) is 12.4. The molecule has 4 nitrogen and oxygen atoms in total. The van der Waals surface area contributed by atoms with Crippen molar-refractivity contribution in [2.24, 2.45) is 0 Å². The van der Waals surface area contributed by atoms with Gasteiger partial charge in [0.15, 0.2) is 0 Å². The normalized spacial score (nSPS) is 23.6. The van der Waals surface area contributed by atoms with Crippen molar-refractivity contribution in [1.82, 2.24) is 10.6 Å². The van der Waals surface area contributed by atoms with Crippen molar-refractivity contribution in [3.05, 3.63) is 35.4 Å². The molecule has 1 amide bonds. The van der Waals surface area contributed by atoms with Crippen LogP contribution in [0.1, 0.15) is 30.4 Å². The minimum absolute atomic E-state index is 0.0103. The van der Waals surface area contributed by atoms with Crippen molar-refractivity contribution in [1.29, 1.82) is 0 Å². The van der Waals surface area contributed by atoms with Gasteiger partial charge < -0.3 is 15.4 Å². The van der Waals surface area contributed by atoms with Gasteiger partial charge in [0.2, 0.25) is 5.91 Å². The molecule has 0 radical (unpaired) electrons. The van der Waals surface area contributed by atoms with E-state index in [1.807, 2.05) is 11.8 Å². The van der Waals surface area contributed by atoms with Crippen LogP contribution in [0.2, 0.25) is 0 Å². The summed E-state index contributed by atoms with van der Waals surface area (Å²) in [6.45, 7) is 5.36. The molecule has 0 spiro atoms. The maximum Gasteiger partial charge on any atom is 0.221 e. The predicted octanol–water partition coefficient (Wildman–Crippen LogP) is 2.25. The number of hydrogen-bond acceptors (Lipinski definition) is 4. The van der Waals surface area contributed by atoms with Gasteiger partial charge in [0.25, 0.3) is 0 Å². The van der Waals surface area contributed by atoms with Crippen molar-refractivity contribution < 1.29 is 9.53 Å². The summed E-state index contributed by atoms with van der Waals surface area (Å²) >= 11 is 1.93. The molecule has 0 saturated carbocycles. The van der Waals surface area contributed by atoms with Gasteiger partial charge in [0.05, 0.1) is 0 Å². The molecular weight excluding hydrogens is 320 g/mol. The highest BCUT2D eigenvalue weighted by Gasteiger charge is 2.35. The van der Waals surface area contributed by atoms with E-state index in [4.69, 9.17) is 4.74 Å². The Morgan fingerprint density at radius 3 is 2.75 bits per heavy atom. The van der Waals surface area contributed by atoms with E-state index < -0.39 is 0 Å². The van der Waals surface area contributed by atoms with Crippen LogP contribution in [0.25, 0.3) is 0 Å². The second kappa shape index (κ2) is 8.37. The summed E-state index contributed by atoms with van der Waals surface area (Å²) in [5.41, 5.74) is 2.60. The van der Waals surface area contributed by atoms with Crippen LogP contribution in [-0.4, -0.2) is 49.8 Å². The third-order valence-corrected chi connectivity index (χ3v) is 6.30. The fraction of sp³-hybridized carbons (Fsp3) is 0.632. The number of ether oxygens (including phenoxy) is 1. The first-order chi connectivity index (χ1) is 11.7. The van der Waals surface area contributed by atoms with Crippen LogP contribution < -0.4 is 10.6 Å². The predicted molar refractivity (Wildman–Crippen MR) is 99.7 cm³/mol. The zero-order valence-electron chi connectivity index (χ0n) is 14.5. The molecule has 5 heteroatoms. The minimum atomic E-state index is 0.0103. The maximum atomic E-state index is 12.4. The van der Waals surface area contributed by atoms with E-state index in [9.17, 15) is 4.79 Å². The van der Waals surface area contributed by atoms with Crippen LogP contribution in [0.15, 0.2) is 24.3 Å². The Kier molecular flexibility index (Phi) is 6.19. The lowest BCUT2D eigenvalue weighted by molar-refractivity contribution is -0.122. The molecule has 132 valence electrons. The SMILES string of the molecule is Cc1ccc(C2(CNC(=O)CC3CSCCN3)CCOCC2)cc1. The molecule has 1 atom stereocenters. The van der Waals surface area contributed by atoms with Crippen LogP contribution in [0.5, 0.6) is 0 Å². The topological polar surface area (TPSA) is 50.4 Å². The van der Waals surface area contributed by atoms with E-state index in [1.165, 1.54) is 11.1 Å². The highest BCUT2D eigenvalue weighted by atomic mass is 32.2. The molecule has 2 aliphatic rings. The molecule has 1 aromatic carbocycles. The molecule has 2 fully saturated rings. The van der Waals surface area contributed by atoms with E-state index >= 15 is 0 Å². The second-order valence-corrected chi connectivity index (χ2v) is 8.12. The van der Waals surface area contributed by atoms with Gasteiger partial charge in [0, 0.05) is 55.7 Å². The number of amides is 1. The van der Waals surface area contributed by atoms with E-state index in [0.29, 0.717) is 19.0 Å².